The molecule has 1 aromatic rings. The first kappa shape index (κ1) is 16.2. The van der Waals surface area contributed by atoms with E-state index in [1.54, 1.807) is 11.8 Å². The molecule has 0 bridgehead atoms. The van der Waals surface area contributed by atoms with Gasteiger partial charge in [0.2, 0.25) is 0 Å². The maximum absolute atomic E-state index is 12.3. The van der Waals surface area contributed by atoms with Crippen molar-refractivity contribution in [3.8, 4) is 0 Å². The fourth-order valence-electron chi connectivity index (χ4n) is 2.57. The molecule has 0 heterocycles. The van der Waals surface area contributed by atoms with Crippen LogP contribution >= 0.6 is 11.8 Å². The molecule has 0 fully saturated rings. The van der Waals surface area contributed by atoms with Crippen molar-refractivity contribution in [2.24, 2.45) is 0 Å². The van der Waals surface area contributed by atoms with Gasteiger partial charge in [0.05, 0.1) is 5.56 Å². The third kappa shape index (κ3) is 5.24. The molecule has 1 aliphatic rings. The van der Waals surface area contributed by atoms with Gasteiger partial charge in [-0.25, -0.2) is 0 Å². The lowest BCUT2D eigenvalue weighted by atomic mass is 9.97. The molecule has 0 aliphatic heterocycles. The summed E-state index contributed by atoms with van der Waals surface area (Å²) in [7, 11) is 0. The number of thioether (sulfide) groups is 1. The third-order valence-electron chi connectivity index (χ3n) is 3.61. The Morgan fingerprint density at radius 2 is 2.10 bits per heavy atom. The summed E-state index contributed by atoms with van der Waals surface area (Å²) in [5.74, 6) is 0.0511. The molecule has 2 rings (SSSR count). The van der Waals surface area contributed by atoms with Crippen LogP contribution in [0.2, 0.25) is 0 Å². The summed E-state index contributed by atoms with van der Waals surface area (Å²) in [6, 6.07) is 7.88. The van der Waals surface area contributed by atoms with E-state index in [-0.39, 0.29) is 5.91 Å². The highest BCUT2D eigenvalue weighted by molar-refractivity contribution is 8.00. The van der Waals surface area contributed by atoms with Crippen molar-refractivity contribution in [2.75, 3.05) is 6.54 Å². The van der Waals surface area contributed by atoms with Crippen molar-refractivity contribution in [2.45, 2.75) is 56.1 Å². The van der Waals surface area contributed by atoms with Crippen LogP contribution in [-0.4, -0.2) is 17.7 Å². The molecular formula is C18H25NOS. The van der Waals surface area contributed by atoms with Crippen molar-refractivity contribution in [3.63, 3.8) is 0 Å². The van der Waals surface area contributed by atoms with Crippen LogP contribution < -0.4 is 5.32 Å². The highest BCUT2D eigenvalue weighted by Gasteiger charge is 2.12. The van der Waals surface area contributed by atoms with E-state index in [2.05, 4.69) is 25.2 Å². The lowest BCUT2D eigenvalue weighted by molar-refractivity contribution is 0.0951. The molecule has 0 spiro atoms. The SMILES string of the molecule is CC(C)Sc1ccccc1C(=O)NCCC1=CCCCC1. The van der Waals surface area contributed by atoms with Gasteiger partial charge < -0.3 is 5.32 Å². The average Bonchev–Trinajstić information content (AvgIpc) is 2.48. The topological polar surface area (TPSA) is 29.1 Å². The second kappa shape index (κ2) is 8.28. The molecule has 21 heavy (non-hydrogen) atoms. The second-order valence-corrected chi connectivity index (χ2v) is 7.40. The number of benzene rings is 1. The number of allylic oxidation sites excluding steroid dienone is 1. The number of carbonyl (C=O) groups is 1. The van der Waals surface area contributed by atoms with Gasteiger partial charge in [0.15, 0.2) is 0 Å². The van der Waals surface area contributed by atoms with Crippen LogP contribution in [0.3, 0.4) is 0 Å². The fraction of sp³-hybridized carbons (Fsp3) is 0.500. The minimum atomic E-state index is 0.0511. The summed E-state index contributed by atoms with van der Waals surface area (Å²) in [6.07, 6.45) is 8.36. The first-order valence-corrected chi connectivity index (χ1v) is 8.76. The van der Waals surface area contributed by atoms with Crippen LogP contribution in [-0.2, 0) is 0 Å². The highest BCUT2D eigenvalue weighted by atomic mass is 32.2. The van der Waals surface area contributed by atoms with Gasteiger partial charge in [-0.05, 0) is 44.2 Å². The molecule has 0 saturated heterocycles. The molecule has 0 atom stereocenters. The van der Waals surface area contributed by atoms with Crippen LogP contribution in [0.1, 0.15) is 56.3 Å². The van der Waals surface area contributed by atoms with Gasteiger partial charge in [0.25, 0.3) is 5.91 Å². The van der Waals surface area contributed by atoms with Crippen LogP contribution in [0.5, 0.6) is 0 Å². The highest BCUT2D eigenvalue weighted by Crippen LogP contribution is 2.26. The zero-order valence-corrected chi connectivity index (χ0v) is 13.8. The van der Waals surface area contributed by atoms with Gasteiger partial charge in [-0.2, -0.15) is 0 Å². The number of amides is 1. The molecule has 0 radical (unpaired) electrons. The van der Waals surface area contributed by atoms with Crippen LogP contribution in [0.4, 0.5) is 0 Å². The quantitative estimate of drug-likeness (QED) is 0.603. The van der Waals surface area contributed by atoms with Gasteiger partial charge >= 0.3 is 0 Å². The summed E-state index contributed by atoms with van der Waals surface area (Å²) < 4.78 is 0. The second-order valence-electron chi connectivity index (χ2n) is 5.78. The van der Waals surface area contributed by atoms with E-state index in [1.165, 1.54) is 31.3 Å². The normalized spacial score (nSPS) is 14.9. The standard InChI is InChI=1S/C18H25NOS/c1-14(2)21-17-11-7-6-10-16(17)18(20)19-13-12-15-8-4-3-5-9-15/h6-8,10-11,14H,3-5,9,12-13H2,1-2H3,(H,19,20). The maximum atomic E-state index is 12.3. The van der Waals surface area contributed by atoms with Gasteiger partial charge in [-0.15, -0.1) is 11.8 Å². The average molecular weight is 303 g/mol. The number of hydrogen-bond acceptors (Lipinski definition) is 2. The van der Waals surface area contributed by atoms with Gasteiger partial charge in [-0.3, -0.25) is 4.79 Å². The van der Waals surface area contributed by atoms with Crippen molar-refractivity contribution < 1.29 is 4.79 Å². The van der Waals surface area contributed by atoms with Crippen molar-refractivity contribution in [1.29, 1.82) is 0 Å². The molecule has 114 valence electrons. The van der Waals surface area contributed by atoms with E-state index in [4.69, 9.17) is 0 Å². The first-order chi connectivity index (χ1) is 10.2. The first-order valence-electron chi connectivity index (χ1n) is 7.88. The van der Waals surface area contributed by atoms with E-state index in [1.807, 2.05) is 24.3 Å². The minimum absolute atomic E-state index is 0.0511. The van der Waals surface area contributed by atoms with Gasteiger partial charge in [0.1, 0.15) is 0 Å². The zero-order valence-electron chi connectivity index (χ0n) is 13.0. The number of nitrogens with one attached hydrogen (secondary N) is 1. The molecule has 2 nitrogen and oxygen atoms in total. The maximum Gasteiger partial charge on any atom is 0.252 e. The molecule has 3 heteroatoms. The summed E-state index contributed by atoms with van der Waals surface area (Å²) in [4.78, 5) is 13.4. The van der Waals surface area contributed by atoms with Crippen LogP contribution in [0.15, 0.2) is 40.8 Å². The summed E-state index contributed by atoms with van der Waals surface area (Å²) in [5, 5.41) is 3.54. The predicted molar refractivity (Wildman–Crippen MR) is 90.9 cm³/mol. The molecular weight excluding hydrogens is 278 g/mol. The zero-order chi connectivity index (χ0) is 15.1. The molecule has 0 unspecified atom stereocenters. The van der Waals surface area contributed by atoms with Gasteiger partial charge in [0, 0.05) is 16.7 Å². The van der Waals surface area contributed by atoms with Crippen LogP contribution in [0.25, 0.3) is 0 Å². The Bertz CT molecular complexity index is 508. The van der Waals surface area contributed by atoms with Gasteiger partial charge in [-0.1, -0.05) is 37.6 Å². The molecule has 0 aromatic heterocycles. The Kier molecular flexibility index (Phi) is 6.37. The lowest BCUT2D eigenvalue weighted by Gasteiger charge is -2.14. The Hall–Kier alpha value is -1.22. The predicted octanol–water partition coefficient (Wildman–Crippen LogP) is 4.81. The third-order valence-corrected chi connectivity index (χ3v) is 4.69. The Labute approximate surface area is 132 Å². The van der Waals surface area contributed by atoms with Crippen molar-refractivity contribution in [1.82, 2.24) is 5.32 Å². The number of carbonyl (C=O) groups excluding carboxylic acids is 1. The van der Waals surface area contributed by atoms with Crippen molar-refractivity contribution >= 4 is 17.7 Å². The molecule has 0 saturated carbocycles. The Morgan fingerprint density at radius 3 is 2.81 bits per heavy atom. The molecule has 1 aliphatic carbocycles. The molecule has 1 aromatic carbocycles. The fourth-order valence-corrected chi connectivity index (χ4v) is 3.53. The van der Waals surface area contributed by atoms with E-state index in [9.17, 15) is 4.79 Å². The summed E-state index contributed by atoms with van der Waals surface area (Å²) in [5.41, 5.74) is 2.31. The molecule has 1 amide bonds. The minimum Gasteiger partial charge on any atom is -0.352 e. The van der Waals surface area contributed by atoms with Crippen molar-refractivity contribution in [3.05, 3.63) is 41.5 Å². The lowest BCUT2D eigenvalue weighted by Crippen LogP contribution is -2.25. The van der Waals surface area contributed by atoms with E-state index < -0.39 is 0 Å². The Morgan fingerprint density at radius 1 is 1.29 bits per heavy atom. The van der Waals surface area contributed by atoms with E-state index in [0.717, 1.165) is 23.4 Å². The van der Waals surface area contributed by atoms with Crippen LogP contribution in [0, 0.1) is 0 Å². The molecule has 1 N–H and O–H groups in total. The number of hydrogen-bond donors (Lipinski definition) is 1. The summed E-state index contributed by atoms with van der Waals surface area (Å²) >= 11 is 1.74. The summed E-state index contributed by atoms with van der Waals surface area (Å²) in [6.45, 7) is 5.04. The van der Waals surface area contributed by atoms with E-state index >= 15 is 0 Å². The Balaban J connectivity index is 1.89. The largest absolute Gasteiger partial charge is 0.352 e. The number of rotatable bonds is 6. The monoisotopic (exact) mass is 303 g/mol. The van der Waals surface area contributed by atoms with E-state index in [0.29, 0.717) is 5.25 Å². The smallest absolute Gasteiger partial charge is 0.252 e.